The van der Waals surface area contributed by atoms with Crippen molar-refractivity contribution in [2.75, 3.05) is 6.61 Å². The molecular weight excluding hydrogens is 352 g/mol. The van der Waals surface area contributed by atoms with Gasteiger partial charge in [-0.2, -0.15) is 10.1 Å². The minimum Gasteiger partial charge on any atom is -0.468 e. The SMILES string of the molecule is CCc1cc(OCC(=O)N[C@H](C)CC)nc2c1c(C)nn2-c1ccc(C)cc1. The van der Waals surface area contributed by atoms with Crippen molar-refractivity contribution in [3.8, 4) is 11.6 Å². The Hall–Kier alpha value is -2.89. The highest BCUT2D eigenvalue weighted by molar-refractivity contribution is 5.84. The lowest BCUT2D eigenvalue weighted by atomic mass is 10.1. The van der Waals surface area contributed by atoms with Gasteiger partial charge in [-0.3, -0.25) is 4.79 Å². The van der Waals surface area contributed by atoms with Crippen LogP contribution >= 0.6 is 0 Å². The quantitative estimate of drug-likeness (QED) is 0.675. The molecule has 3 aromatic rings. The van der Waals surface area contributed by atoms with Crippen molar-refractivity contribution in [3.63, 3.8) is 0 Å². The summed E-state index contributed by atoms with van der Waals surface area (Å²) in [7, 11) is 0. The topological polar surface area (TPSA) is 69.0 Å². The van der Waals surface area contributed by atoms with Crippen LogP contribution in [0.15, 0.2) is 30.3 Å². The lowest BCUT2D eigenvalue weighted by molar-refractivity contribution is -0.123. The maximum absolute atomic E-state index is 12.0. The van der Waals surface area contributed by atoms with Crippen molar-refractivity contribution >= 4 is 16.9 Å². The van der Waals surface area contributed by atoms with Crippen LogP contribution in [0.4, 0.5) is 0 Å². The summed E-state index contributed by atoms with van der Waals surface area (Å²) >= 11 is 0. The minimum atomic E-state index is -0.141. The van der Waals surface area contributed by atoms with E-state index in [0.29, 0.717) is 5.88 Å². The fourth-order valence-electron chi connectivity index (χ4n) is 3.13. The molecule has 6 nitrogen and oxygen atoms in total. The highest BCUT2D eigenvalue weighted by atomic mass is 16.5. The number of fused-ring (bicyclic) bond motifs is 1. The van der Waals surface area contributed by atoms with Crippen molar-refractivity contribution in [2.24, 2.45) is 0 Å². The summed E-state index contributed by atoms with van der Waals surface area (Å²) in [6, 6.07) is 10.2. The number of aromatic nitrogens is 3. The minimum absolute atomic E-state index is 0.0519. The van der Waals surface area contributed by atoms with Gasteiger partial charge in [0.25, 0.3) is 5.91 Å². The van der Waals surface area contributed by atoms with Crippen molar-refractivity contribution < 1.29 is 9.53 Å². The molecule has 1 atom stereocenters. The van der Waals surface area contributed by atoms with Gasteiger partial charge in [-0.05, 0) is 51.3 Å². The number of aryl methyl sites for hydroxylation is 3. The number of carbonyl (C=O) groups excluding carboxylic acids is 1. The predicted octanol–water partition coefficient (Wildman–Crippen LogP) is 3.89. The molecule has 148 valence electrons. The molecule has 0 aliphatic heterocycles. The smallest absolute Gasteiger partial charge is 0.258 e. The second kappa shape index (κ2) is 8.42. The first-order valence-electron chi connectivity index (χ1n) is 9.81. The van der Waals surface area contributed by atoms with E-state index in [2.05, 4.69) is 36.3 Å². The molecule has 0 aliphatic rings. The van der Waals surface area contributed by atoms with Gasteiger partial charge >= 0.3 is 0 Å². The number of hydrogen-bond acceptors (Lipinski definition) is 4. The molecule has 28 heavy (non-hydrogen) atoms. The Labute approximate surface area is 165 Å². The van der Waals surface area contributed by atoms with Gasteiger partial charge in [-0.25, -0.2) is 4.68 Å². The average Bonchev–Trinajstić information content (AvgIpc) is 3.03. The van der Waals surface area contributed by atoms with E-state index in [1.54, 1.807) is 0 Å². The van der Waals surface area contributed by atoms with Gasteiger partial charge in [-0.1, -0.05) is 31.5 Å². The highest BCUT2D eigenvalue weighted by Crippen LogP contribution is 2.27. The summed E-state index contributed by atoms with van der Waals surface area (Å²) < 4.78 is 7.56. The van der Waals surface area contributed by atoms with Crippen molar-refractivity contribution in [1.29, 1.82) is 0 Å². The van der Waals surface area contributed by atoms with Crippen LogP contribution in [0.1, 0.15) is 44.0 Å². The maximum atomic E-state index is 12.0. The summed E-state index contributed by atoms with van der Waals surface area (Å²) in [4.78, 5) is 16.7. The van der Waals surface area contributed by atoms with E-state index in [-0.39, 0.29) is 18.6 Å². The van der Waals surface area contributed by atoms with Crippen LogP contribution in [0.3, 0.4) is 0 Å². The van der Waals surface area contributed by atoms with Gasteiger partial charge in [0.05, 0.1) is 11.4 Å². The van der Waals surface area contributed by atoms with E-state index < -0.39 is 0 Å². The molecule has 2 heterocycles. The van der Waals surface area contributed by atoms with E-state index >= 15 is 0 Å². The Morgan fingerprint density at radius 2 is 1.93 bits per heavy atom. The standard InChI is InChI=1S/C22H28N4O2/c1-6-15(4)23-19(27)13-28-20-12-17(7-2)21-16(5)25-26(22(21)24-20)18-10-8-14(3)9-11-18/h8-12,15H,6-7,13H2,1-5H3,(H,23,27)/t15-/m1/s1. The van der Waals surface area contributed by atoms with Crippen LogP contribution in [-0.2, 0) is 11.2 Å². The molecular formula is C22H28N4O2. The number of amides is 1. The molecule has 3 rings (SSSR count). The van der Waals surface area contributed by atoms with Gasteiger partial charge in [0.15, 0.2) is 12.3 Å². The first-order chi connectivity index (χ1) is 13.4. The normalized spacial score (nSPS) is 12.2. The Morgan fingerprint density at radius 3 is 2.57 bits per heavy atom. The third kappa shape index (κ3) is 4.16. The summed E-state index contributed by atoms with van der Waals surface area (Å²) in [6.07, 6.45) is 1.71. The number of nitrogens with zero attached hydrogens (tertiary/aromatic N) is 3. The van der Waals surface area contributed by atoms with Crippen LogP contribution in [0.5, 0.6) is 5.88 Å². The summed E-state index contributed by atoms with van der Waals surface area (Å²) in [6.45, 7) is 10.1. The Morgan fingerprint density at radius 1 is 1.21 bits per heavy atom. The molecule has 6 heteroatoms. The third-order valence-corrected chi connectivity index (χ3v) is 4.90. The van der Waals surface area contributed by atoms with Gasteiger partial charge in [0, 0.05) is 17.5 Å². The molecule has 0 bridgehead atoms. The zero-order valence-electron chi connectivity index (χ0n) is 17.2. The predicted molar refractivity (Wildman–Crippen MR) is 111 cm³/mol. The van der Waals surface area contributed by atoms with Crippen LogP contribution < -0.4 is 10.1 Å². The summed E-state index contributed by atoms with van der Waals surface area (Å²) in [5, 5.41) is 8.65. The van der Waals surface area contributed by atoms with Crippen LogP contribution in [0, 0.1) is 13.8 Å². The molecule has 0 saturated heterocycles. The number of benzene rings is 1. The van der Waals surface area contributed by atoms with Gasteiger partial charge in [0.2, 0.25) is 5.88 Å². The Kier molecular flexibility index (Phi) is 5.97. The molecule has 2 aromatic heterocycles. The largest absolute Gasteiger partial charge is 0.468 e. The molecule has 1 amide bonds. The molecule has 1 aromatic carbocycles. The molecule has 0 saturated carbocycles. The molecule has 1 N–H and O–H groups in total. The van der Waals surface area contributed by atoms with Crippen LogP contribution in [-0.4, -0.2) is 33.3 Å². The van der Waals surface area contributed by atoms with E-state index in [1.807, 2.05) is 43.7 Å². The second-order valence-corrected chi connectivity index (χ2v) is 7.17. The Balaban J connectivity index is 1.96. The first-order valence-corrected chi connectivity index (χ1v) is 9.81. The second-order valence-electron chi connectivity index (χ2n) is 7.17. The van der Waals surface area contributed by atoms with E-state index in [0.717, 1.165) is 40.8 Å². The van der Waals surface area contributed by atoms with Crippen LogP contribution in [0.25, 0.3) is 16.7 Å². The first kappa shape index (κ1) is 19.9. The zero-order chi connectivity index (χ0) is 20.3. The zero-order valence-corrected chi connectivity index (χ0v) is 17.2. The van der Waals surface area contributed by atoms with Crippen molar-refractivity contribution in [2.45, 2.75) is 53.5 Å². The monoisotopic (exact) mass is 380 g/mol. The maximum Gasteiger partial charge on any atom is 0.258 e. The van der Waals surface area contributed by atoms with Gasteiger partial charge in [-0.15, -0.1) is 0 Å². The third-order valence-electron chi connectivity index (χ3n) is 4.90. The number of rotatable bonds is 7. The summed E-state index contributed by atoms with van der Waals surface area (Å²) in [5.41, 5.74) is 4.93. The van der Waals surface area contributed by atoms with E-state index in [4.69, 9.17) is 9.84 Å². The fourth-order valence-corrected chi connectivity index (χ4v) is 3.13. The lowest BCUT2D eigenvalue weighted by Gasteiger charge is -2.12. The lowest BCUT2D eigenvalue weighted by Crippen LogP contribution is -2.35. The van der Waals surface area contributed by atoms with E-state index in [1.165, 1.54) is 5.56 Å². The van der Waals surface area contributed by atoms with Gasteiger partial charge in [0.1, 0.15) is 0 Å². The number of carbonyl (C=O) groups is 1. The van der Waals surface area contributed by atoms with Crippen molar-refractivity contribution in [3.05, 3.63) is 47.2 Å². The molecule has 0 unspecified atom stereocenters. The van der Waals surface area contributed by atoms with Gasteiger partial charge < -0.3 is 10.1 Å². The average molecular weight is 380 g/mol. The number of nitrogens with one attached hydrogen (secondary N) is 1. The van der Waals surface area contributed by atoms with E-state index in [9.17, 15) is 4.79 Å². The number of hydrogen-bond donors (Lipinski definition) is 1. The Bertz CT molecular complexity index is 976. The highest BCUT2D eigenvalue weighted by Gasteiger charge is 2.16. The molecule has 0 radical (unpaired) electrons. The molecule has 0 spiro atoms. The summed E-state index contributed by atoms with van der Waals surface area (Å²) in [5.74, 6) is 0.300. The molecule has 0 fully saturated rings. The molecule has 0 aliphatic carbocycles. The van der Waals surface area contributed by atoms with Crippen molar-refractivity contribution in [1.82, 2.24) is 20.1 Å². The number of ether oxygens (including phenoxy) is 1. The number of pyridine rings is 1. The van der Waals surface area contributed by atoms with Crippen LogP contribution in [0.2, 0.25) is 0 Å². The fraction of sp³-hybridized carbons (Fsp3) is 0.409.